The van der Waals surface area contributed by atoms with Crippen molar-refractivity contribution in [2.75, 3.05) is 13.1 Å². The molecule has 0 spiro atoms. The summed E-state index contributed by atoms with van der Waals surface area (Å²) in [5.41, 5.74) is 2.21. The van der Waals surface area contributed by atoms with Crippen LogP contribution >= 0.6 is 11.3 Å². The van der Waals surface area contributed by atoms with E-state index in [9.17, 15) is 9.18 Å². The summed E-state index contributed by atoms with van der Waals surface area (Å²) in [5, 5.41) is 4.01. The van der Waals surface area contributed by atoms with E-state index in [0.29, 0.717) is 12.3 Å². The Morgan fingerprint density at radius 3 is 2.80 bits per heavy atom. The summed E-state index contributed by atoms with van der Waals surface area (Å²) in [7, 11) is 0. The van der Waals surface area contributed by atoms with Crippen molar-refractivity contribution in [2.24, 2.45) is 0 Å². The highest BCUT2D eigenvalue weighted by atomic mass is 32.1. The van der Waals surface area contributed by atoms with Gasteiger partial charge in [-0.1, -0.05) is 12.1 Å². The molecule has 1 fully saturated rings. The van der Waals surface area contributed by atoms with E-state index in [1.54, 1.807) is 11.3 Å². The zero-order valence-electron chi connectivity index (χ0n) is 11.1. The van der Waals surface area contributed by atoms with Crippen molar-refractivity contribution in [3.05, 3.63) is 58.0 Å². The molecule has 2 aromatic rings. The Hall–Kier alpha value is -1.68. The number of thiophene rings is 1. The first-order valence-electron chi connectivity index (χ1n) is 6.76. The van der Waals surface area contributed by atoms with E-state index >= 15 is 0 Å². The van der Waals surface area contributed by atoms with Crippen LogP contribution in [0.25, 0.3) is 0 Å². The maximum Gasteiger partial charge on any atom is 0.227 e. The zero-order valence-corrected chi connectivity index (χ0v) is 11.9. The normalized spacial score (nSPS) is 18.4. The molecular weight excluding hydrogens is 273 g/mol. The van der Waals surface area contributed by atoms with Crippen LogP contribution in [0.5, 0.6) is 0 Å². The summed E-state index contributed by atoms with van der Waals surface area (Å²) in [6.45, 7) is 1.54. The first kappa shape index (κ1) is 13.3. The molecular formula is C16H16FNOS. The Balaban J connectivity index is 1.61. The van der Waals surface area contributed by atoms with Gasteiger partial charge in [-0.25, -0.2) is 4.39 Å². The van der Waals surface area contributed by atoms with Gasteiger partial charge in [-0.15, -0.1) is 0 Å². The molecule has 3 rings (SSSR count). The summed E-state index contributed by atoms with van der Waals surface area (Å²) in [5.74, 6) is 0.312. The third-order valence-electron chi connectivity index (χ3n) is 3.82. The molecule has 2 nitrogen and oxygen atoms in total. The summed E-state index contributed by atoms with van der Waals surface area (Å²) in [6.07, 6.45) is 1.45. The predicted octanol–water partition coefficient (Wildman–Crippen LogP) is 3.45. The number of amides is 1. The van der Waals surface area contributed by atoms with Crippen molar-refractivity contribution < 1.29 is 9.18 Å². The molecule has 1 aromatic heterocycles. The molecule has 0 unspecified atom stereocenters. The van der Waals surface area contributed by atoms with Crippen LogP contribution in [0.3, 0.4) is 0 Å². The molecule has 1 aliphatic heterocycles. The molecule has 0 aliphatic carbocycles. The zero-order chi connectivity index (χ0) is 13.9. The molecule has 104 valence electrons. The first-order chi connectivity index (χ1) is 9.72. The Bertz CT molecular complexity index is 579. The number of hydrogen-bond donors (Lipinski definition) is 0. The van der Waals surface area contributed by atoms with Gasteiger partial charge in [0.2, 0.25) is 5.91 Å². The van der Waals surface area contributed by atoms with Crippen LogP contribution in [0.2, 0.25) is 0 Å². The summed E-state index contributed by atoms with van der Waals surface area (Å²) >= 11 is 1.62. The van der Waals surface area contributed by atoms with E-state index in [1.807, 2.05) is 33.9 Å². The van der Waals surface area contributed by atoms with Gasteiger partial charge in [-0.3, -0.25) is 4.79 Å². The Morgan fingerprint density at radius 2 is 2.10 bits per heavy atom. The smallest absolute Gasteiger partial charge is 0.227 e. The van der Waals surface area contributed by atoms with Gasteiger partial charge in [-0.2, -0.15) is 11.3 Å². The quantitative estimate of drug-likeness (QED) is 0.847. The fourth-order valence-corrected chi connectivity index (χ4v) is 3.34. The van der Waals surface area contributed by atoms with Crippen molar-refractivity contribution in [1.29, 1.82) is 0 Å². The first-order valence-corrected chi connectivity index (χ1v) is 7.71. The standard InChI is InChI=1S/C16H16FNOS/c17-15-3-1-13(2-4-15)14-5-7-18(10-14)16(19)9-12-6-8-20-11-12/h1-4,6,8,11,14H,5,7,9-10H2/t14-/m0/s1. The minimum atomic E-state index is -0.211. The van der Waals surface area contributed by atoms with Crippen molar-refractivity contribution in [3.63, 3.8) is 0 Å². The van der Waals surface area contributed by atoms with Gasteiger partial charge in [-0.05, 0) is 46.5 Å². The van der Waals surface area contributed by atoms with Crippen LogP contribution in [0, 0.1) is 5.82 Å². The van der Waals surface area contributed by atoms with Crippen LogP contribution in [-0.4, -0.2) is 23.9 Å². The second kappa shape index (κ2) is 5.75. The van der Waals surface area contributed by atoms with Crippen LogP contribution in [0.4, 0.5) is 4.39 Å². The maximum atomic E-state index is 12.9. The van der Waals surface area contributed by atoms with Gasteiger partial charge in [0.25, 0.3) is 0 Å². The Morgan fingerprint density at radius 1 is 1.30 bits per heavy atom. The van der Waals surface area contributed by atoms with E-state index < -0.39 is 0 Å². The number of hydrogen-bond acceptors (Lipinski definition) is 2. The molecule has 1 amide bonds. The number of benzene rings is 1. The third kappa shape index (κ3) is 2.90. The monoisotopic (exact) mass is 289 g/mol. The number of rotatable bonds is 3. The van der Waals surface area contributed by atoms with Crippen molar-refractivity contribution in [2.45, 2.75) is 18.8 Å². The molecule has 1 aromatic carbocycles. The third-order valence-corrected chi connectivity index (χ3v) is 4.55. The van der Waals surface area contributed by atoms with E-state index in [-0.39, 0.29) is 11.7 Å². The number of likely N-dealkylation sites (tertiary alicyclic amines) is 1. The molecule has 2 heterocycles. The van der Waals surface area contributed by atoms with Crippen molar-refractivity contribution >= 4 is 17.2 Å². The van der Waals surface area contributed by atoms with Crippen LogP contribution < -0.4 is 0 Å². The van der Waals surface area contributed by atoms with Gasteiger partial charge in [0, 0.05) is 19.0 Å². The molecule has 1 saturated heterocycles. The lowest BCUT2D eigenvalue weighted by molar-refractivity contribution is -0.129. The van der Waals surface area contributed by atoms with Crippen LogP contribution in [-0.2, 0) is 11.2 Å². The highest BCUT2D eigenvalue weighted by Gasteiger charge is 2.27. The van der Waals surface area contributed by atoms with Crippen molar-refractivity contribution in [1.82, 2.24) is 4.90 Å². The highest BCUT2D eigenvalue weighted by molar-refractivity contribution is 7.07. The molecule has 0 saturated carbocycles. The largest absolute Gasteiger partial charge is 0.342 e. The fraction of sp³-hybridized carbons (Fsp3) is 0.312. The van der Waals surface area contributed by atoms with E-state index in [4.69, 9.17) is 0 Å². The van der Waals surface area contributed by atoms with Crippen LogP contribution in [0.15, 0.2) is 41.1 Å². The average Bonchev–Trinajstić information content (AvgIpc) is 3.10. The lowest BCUT2D eigenvalue weighted by Gasteiger charge is -2.16. The van der Waals surface area contributed by atoms with Gasteiger partial charge < -0.3 is 4.90 Å². The molecule has 20 heavy (non-hydrogen) atoms. The SMILES string of the molecule is O=C(Cc1ccsc1)N1CC[C@H](c2ccc(F)cc2)C1. The van der Waals surface area contributed by atoms with E-state index in [1.165, 1.54) is 12.1 Å². The van der Waals surface area contributed by atoms with Crippen molar-refractivity contribution in [3.8, 4) is 0 Å². The molecule has 0 N–H and O–H groups in total. The van der Waals surface area contributed by atoms with Gasteiger partial charge in [0.05, 0.1) is 6.42 Å². The van der Waals surface area contributed by atoms with E-state index in [2.05, 4.69) is 0 Å². The topological polar surface area (TPSA) is 20.3 Å². The lowest BCUT2D eigenvalue weighted by atomic mass is 9.99. The minimum Gasteiger partial charge on any atom is -0.342 e. The number of carbonyl (C=O) groups is 1. The Kier molecular flexibility index (Phi) is 3.83. The predicted molar refractivity (Wildman–Crippen MR) is 78.4 cm³/mol. The molecule has 1 atom stereocenters. The number of nitrogens with zero attached hydrogens (tertiary/aromatic N) is 1. The van der Waals surface area contributed by atoms with Gasteiger partial charge in [0.15, 0.2) is 0 Å². The summed E-state index contributed by atoms with van der Waals surface area (Å²) in [6, 6.07) is 8.63. The van der Waals surface area contributed by atoms with Gasteiger partial charge in [0.1, 0.15) is 5.82 Å². The molecule has 1 aliphatic rings. The fourth-order valence-electron chi connectivity index (χ4n) is 2.67. The molecule has 0 bridgehead atoms. The molecule has 4 heteroatoms. The number of carbonyl (C=O) groups excluding carboxylic acids is 1. The second-order valence-electron chi connectivity index (χ2n) is 5.19. The summed E-state index contributed by atoms with van der Waals surface area (Å²) in [4.78, 5) is 14.1. The average molecular weight is 289 g/mol. The maximum absolute atomic E-state index is 12.9. The minimum absolute atomic E-state index is 0.188. The van der Waals surface area contributed by atoms with E-state index in [0.717, 1.165) is 30.6 Å². The molecule has 0 radical (unpaired) electrons. The van der Waals surface area contributed by atoms with Gasteiger partial charge >= 0.3 is 0 Å². The van der Waals surface area contributed by atoms with Crippen LogP contribution in [0.1, 0.15) is 23.5 Å². The highest BCUT2D eigenvalue weighted by Crippen LogP contribution is 2.27. The Labute approximate surface area is 121 Å². The second-order valence-corrected chi connectivity index (χ2v) is 5.97. The summed E-state index contributed by atoms with van der Waals surface area (Å²) < 4.78 is 12.9. The number of halogens is 1. The lowest BCUT2D eigenvalue weighted by Crippen LogP contribution is -2.29.